The molecule has 0 fully saturated rings. The number of ether oxygens (including phenoxy) is 2. The second-order valence-corrected chi connectivity index (χ2v) is 6.82. The fourth-order valence-electron chi connectivity index (χ4n) is 2.99. The Hall–Kier alpha value is -3.55. The zero-order valence-corrected chi connectivity index (χ0v) is 17.6. The van der Waals surface area contributed by atoms with Gasteiger partial charge in [-0.15, -0.1) is 0 Å². The lowest BCUT2D eigenvalue weighted by Gasteiger charge is -2.13. The van der Waals surface area contributed by atoms with Gasteiger partial charge in [-0.3, -0.25) is 0 Å². The first-order valence-electron chi connectivity index (χ1n) is 9.98. The van der Waals surface area contributed by atoms with E-state index in [4.69, 9.17) is 13.9 Å². The van der Waals surface area contributed by atoms with Crippen LogP contribution < -0.4 is 4.74 Å². The number of nitrogens with zero attached hydrogens (tertiary/aromatic N) is 1. The van der Waals surface area contributed by atoms with E-state index in [0.717, 1.165) is 23.8 Å². The number of halogens is 3. The lowest BCUT2D eigenvalue weighted by atomic mass is 10.1. The molecule has 0 amide bonds. The predicted octanol–water partition coefficient (Wildman–Crippen LogP) is 5.87. The second kappa shape index (κ2) is 10.2. The molecule has 2 aromatic carbocycles. The van der Waals surface area contributed by atoms with Crippen molar-refractivity contribution in [1.29, 1.82) is 0 Å². The highest BCUT2D eigenvalue weighted by molar-refractivity contribution is 5.87. The number of esters is 1. The Morgan fingerprint density at radius 1 is 1.16 bits per heavy atom. The summed E-state index contributed by atoms with van der Waals surface area (Å²) < 4.78 is 56.4. The van der Waals surface area contributed by atoms with E-state index in [9.17, 15) is 18.0 Å². The van der Waals surface area contributed by atoms with Crippen molar-refractivity contribution in [2.45, 2.75) is 26.4 Å². The second-order valence-electron chi connectivity index (χ2n) is 6.82. The molecule has 0 aliphatic heterocycles. The van der Waals surface area contributed by atoms with Crippen molar-refractivity contribution in [3.8, 4) is 17.2 Å². The Labute approximate surface area is 183 Å². The molecule has 0 aliphatic carbocycles. The van der Waals surface area contributed by atoms with Crippen molar-refractivity contribution < 1.29 is 31.9 Å². The SMILES string of the molecule is CCOC(=O)/C=C/c1ccc(OCCc2nc(-c3ccccc3)oc2C)cc1C(F)(F)F. The number of carbonyl (C=O) groups excluding carboxylic acids is 1. The average molecular weight is 445 g/mol. The summed E-state index contributed by atoms with van der Waals surface area (Å²) in [5, 5.41) is 0. The Morgan fingerprint density at radius 2 is 1.91 bits per heavy atom. The maximum absolute atomic E-state index is 13.5. The highest BCUT2D eigenvalue weighted by Crippen LogP contribution is 2.35. The standard InChI is InChI=1S/C24H22F3NO4/c1-3-30-22(29)12-10-17-9-11-19(15-20(17)24(25,26)27)31-14-13-21-16(2)32-23(28-21)18-7-5-4-6-8-18/h4-12,15H,3,13-14H2,1-2H3/b12-10+. The third-order valence-corrected chi connectivity index (χ3v) is 4.54. The Bertz CT molecular complexity index is 1090. The smallest absolute Gasteiger partial charge is 0.417 e. The zero-order valence-electron chi connectivity index (χ0n) is 17.6. The van der Waals surface area contributed by atoms with Crippen molar-refractivity contribution in [2.75, 3.05) is 13.2 Å². The molecule has 0 aliphatic rings. The number of oxazole rings is 1. The number of hydrogen-bond acceptors (Lipinski definition) is 5. The number of benzene rings is 2. The molecule has 0 spiro atoms. The highest BCUT2D eigenvalue weighted by atomic mass is 19.4. The van der Waals surface area contributed by atoms with Gasteiger partial charge in [0.25, 0.3) is 0 Å². The van der Waals surface area contributed by atoms with Gasteiger partial charge in [0.05, 0.1) is 24.5 Å². The van der Waals surface area contributed by atoms with Crippen molar-refractivity contribution in [3.63, 3.8) is 0 Å². The maximum atomic E-state index is 13.5. The summed E-state index contributed by atoms with van der Waals surface area (Å²) in [7, 11) is 0. The lowest BCUT2D eigenvalue weighted by molar-refractivity contribution is -0.138. The van der Waals surface area contributed by atoms with Gasteiger partial charge in [-0.05, 0) is 49.8 Å². The predicted molar refractivity (Wildman–Crippen MR) is 113 cm³/mol. The minimum atomic E-state index is -4.61. The van der Waals surface area contributed by atoms with Gasteiger partial charge >= 0.3 is 12.1 Å². The van der Waals surface area contributed by atoms with Crippen LogP contribution in [0.25, 0.3) is 17.5 Å². The fraction of sp³-hybridized carbons (Fsp3) is 0.250. The molecule has 1 aromatic heterocycles. The molecule has 8 heteroatoms. The lowest BCUT2D eigenvalue weighted by Crippen LogP contribution is -2.09. The van der Waals surface area contributed by atoms with E-state index < -0.39 is 17.7 Å². The van der Waals surface area contributed by atoms with E-state index >= 15 is 0 Å². The van der Waals surface area contributed by atoms with E-state index in [1.54, 1.807) is 13.8 Å². The molecule has 0 radical (unpaired) electrons. The summed E-state index contributed by atoms with van der Waals surface area (Å²) in [6, 6.07) is 13.0. The first-order chi connectivity index (χ1) is 15.3. The fourth-order valence-corrected chi connectivity index (χ4v) is 2.99. The molecular weight excluding hydrogens is 423 g/mol. The molecule has 0 bridgehead atoms. The number of rotatable bonds is 8. The first kappa shape index (κ1) is 23.1. The molecule has 5 nitrogen and oxygen atoms in total. The van der Waals surface area contributed by atoms with E-state index in [-0.39, 0.29) is 24.5 Å². The number of aryl methyl sites for hydroxylation is 1. The van der Waals surface area contributed by atoms with Crippen LogP contribution in [-0.2, 0) is 22.1 Å². The van der Waals surface area contributed by atoms with Gasteiger partial charge < -0.3 is 13.9 Å². The average Bonchev–Trinajstić information content (AvgIpc) is 3.13. The molecule has 32 heavy (non-hydrogen) atoms. The third kappa shape index (κ3) is 6.00. The van der Waals surface area contributed by atoms with E-state index in [1.807, 2.05) is 30.3 Å². The molecule has 0 N–H and O–H groups in total. The molecule has 3 aromatic rings. The van der Waals surface area contributed by atoms with E-state index in [1.165, 1.54) is 12.1 Å². The van der Waals surface area contributed by atoms with Crippen LogP contribution in [0, 0.1) is 6.92 Å². The Balaban J connectivity index is 1.69. The van der Waals surface area contributed by atoms with Gasteiger partial charge in [-0.2, -0.15) is 13.2 Å². The van der Waals surface area contributed by atoms with Gasteiger partial charge in [0.1, 0.15) is 11.5 Å². The summed E-state index contributed by atoms with van der Waals surface area (Å²) in [5.41, 5.74) is 0.454. The van der Waals surface area contributed by atoms with Crippen LogP contribution in [0.4, 0.5) is 13.2 Å². The number of carbonyl (C=O) groups is 1. The van der Waals surface area contributed by atoms with Crippen LogP contribution in [0.2, 0.25) is 0 Å². The summed E-state index contributed by atoms with van der Waals surface area (Å²) in [4.78, 5) is 15.9. The van der Waals surface area contributed by atoms with Gasteiger partial charge in [-0.1, -0.05) is 24.3 Å². The van der Waals surface area contributed by atoms with Crippen LogP contribution in [0.3, 0.4) is 0 Å². The van der Waals surface area contributed by atoms with Gasteiger partial charge in [0.2, 0.25) is 5.89 Å². The Kier molecular flexibility index (Phi) is 7.35. The quantitative estimate of drug-likeness (QED) is 0.321. The number of alkyl halides is 3. The van der Waals surface area contributed by atoms with Gasteiger partial charge in [0, 0.05) is 18.1 Å². The third-order valence-electron chi connectivity index (χ3n) is 4.54. The summed E-state index contributed by atoms with van der Waals surface area (Å²) in [6.45, 7) is 3.65. The molecule has 3 rings (SSSR count). The number of aromatic nitrogens is 1. The minimum Gasteiger partial charge on any atom is -0.493 e. The molecule has 0 atom stereocenters. The van der Waals surface area contributed by atoms with Crippen LogP contribution in [-0.4, -0.2) is 24.2 Å². The van der Waals surface area contributed by atoms with Crippen LogP contribution in [0.1, 0.15) is 29.5 Å². The Morgan fingerprint density at radius 3 is 2.59 bits per heavy atom. The molecule has 0 unspecified atom stereocenters. The number of hydrogen-bond donors (Lipinski definition) is 0. The summed E-state index contributed by atoms with van der Waals surface area (Å²) >= 11 is 0. The van der Waals surface area contributed by atoms with Crippen LogP contribution in [0.15, 0.2) is 59.0 Å². The highest BCUT2D eigenvalue weighted by Gasteiger charge is 2.33. The largest absolute Gasteiger partial charge is 0.493 e. The minimum absolute atomic E-state index is 0.0649. The van der Waals surface area contributed by atoms with Crippen molar-refractivity contribution in [3.05, 3.63) is 77.2 Å². The molecule has 0 saturated carbocycles. The van der Waals surface area contributed by atoms with E-state index in [2.05, 4.69) is 4.98 Å². The van der Waals surface area contributed by atoms with Crippen molar-refractivity contribution >= 4 is 12.0 Å². The monoisotopic (exact) mass is 445 g/mol. The van der Waals surface area contributed by atoms with Gasteiger partial charge in [0.15, 0.2) is 0 Å². The van der Waals surface area contributed by atoms with Crippen LogP contribution >= 0.6 is 0 Å². The topological polar surface area (TPSA) is 61.6 Å². The summed E-state index contributed by atoms with van der Waals surface area (Å²) in [5.74, 6) is 0.465. The molecule has 168 valence electrons. The molecular formula is C24H22F3NO4. The van der Waals surface area contributed by atoms with E-state index in [0.29, 0.717) is 23.8 Å². The first-order valence-corrected chi connectivity index (χ1v) is 9.98. The van der Waals surface area contributed by atoms with Crippen molar-refractivity contribution in [1.82, 2.24) is 4.98 Å². The normalized spacial score (nSPS) is 11.7. The van der Waals surface area contributed by atoms with Crippen molar-refractivity contribution in [2.24, 2.45) is 0 Å². The zero-order chi connectivity index (χ0) is 23.1. The maximum Gasteiger partial charge on any atom is 0.417 e. The summed E-state index contributed by atoms with van der Waals surface area (Å²) in [6.07, 6.45) is -2.20. The van der Waals surface area contributed by atoms with Gasteiger partial charge in [-0.25, -0.2) is 9.78 Å². The van der Waals surface area contributed by atoms with Crippen LogP contribution in [0.5, 0.6) is 5.75 Å². The molecule has 0 saturated heterocycles. The molecule has 1 heterocycles.